The van der Waals surface area contributed by atoms with E-state index in [-0.39, 0.29) is 11.3 Å². The van der Waals surface area contributed by atoms with Gasteiger partial charge in [0.25, 0.3) is 0 Å². The third-order valence-corrected chi connectivity index (χ3v) is 2.34. The van der Waals surface area contributed by atoms with Crippen molar-refractivity contribution in [2.24, 2.45) is 5.73 Å². The summed E-state index contributed by atoms with van der Waals surface area (Å²) in [7, 11) is 0. The first-order valence-electron chi connectivity index (χ1n) is 4.81. The third-order valence-electron chi connectivity index (χ3n) is 2.34. The van der Waals surface area contributed by atoms with Crippen molar-refractivity contribution in [3.63, 3.8) is 0 Å². The first kappa shape index (κ1) is 11.0. The minimum Gasteiger partial charge on any atom is -0.507 e. The smallest absolute Gasteiger partial charge is 0.131 e. The molecule has 0 aliphatic heterocycles. The zero-order valence-electron chi connectivity index (χ0n) is 8.55. The molecule has 1 rings (SSSR count). The molecule has 0 aliphatic rings. The Morgan fingerprint density at radius 3 is 2.71 bits per heavy atom. The lowest BCUT2D eigenvalue weighted by Gasteiger charge is -2.14. The van der Waals surface area contributed by atoms with Crippen LogP contribution < -0.4 is 5.73 Å². The standard InChI is InChI=1S/C11H16FNO/c1-3-4-9(13)10-8(12)6-5-7(2)11(10)14/h5-6,9,14H,3-4,13H2,1-2H3/t9-/m1/s1. The number of benzene rings is 1. The number of phenols is 1. The number of hydrogen-bond donors (Lipinski definition) is 2. The summed E-state index contributed by atoms with van der Waals surface area (Å²) in [5, 5.41) is 9.66. The van der Waals surface area contributed by atoms with Gasteiger partial charge in [-0.1, -0.05) is 19.4 Å². The molecule has 1 atom stereocenters. The molecule has 3 heteroatoms. The minimum atomic E-state index is -0.422. The second-order valence-electron chi connectivity index (χ2n) is 3.52. The number of halogens is 1. The maximum Gasteiger partial charge on any atom is 0.131 e. The van der Waals surface area contributed by atoms with Gasteiger partial charge in [-0.15, -0.1) is 0 Å². The fraction of sp³-hybridized carbons (Fsp3) is 0.455. The molecule has 3 N–H and O–H groups in total. The quantitative estimate of drug-likeness (QED) is 0.782. The van der Waals surface area contributed by atoms with Crippen molar-refractivity contribution < 1.29 is 9.50 Å². The fourth-order valence-corrected chi connectivity index (χ4v) is 1.50. The molecule has 14 heavy (non-hydrogen) atoms. The predicted octanol–water partition coefficient (Wildman–Crippen LogP) is 2.64. The van der Waals surface area contributed by atoms with E-state index in [2.05, 4.69) is 0 Å². The molecule has 0 bridgehead atoms. The van der Waals surface area contributed by atoms with E-state index < -0.39 is 11.9 Å². The molecular formula is C11H16FNO. The summed E-state index contributed by atoms with van der Waals surface area (Å²) < 4.78 is 13.4. The van der Waals surface area contributed by atoms with E-state index in [1.165, 1.54) is 6.07 Å². The third kappa shape index (κ3) is 2.04. The van der Waals surface area contributed by atoms with Gasteiger partial charge in [0.1, 0.15) is 11.6 Å². The Balaban J connectivity index is 3.11. The van der Waals surface area contributed by atoms with Crippen molar-refractivity contribution in [2.75, 3.05) is 0 Å². The molecule has 0 amide bonds. The second-order valence-corrected chi connectivity index (χ2v) is 3.52. The molecule has 0 fully saturated rings. The van der Waals surface area contributed by atoms with Crippen LogP contribution in [0.2, 0.25) is 0 Å². The summed E-state index contributed by atoms with van der Waals surface area (Å²) in [6, 6.07) is 2.48. The molecule has 0 saturated carbocycles. The van der Waals surface area contributed by atoms with E-state index in [0.717, 1.165) is 6.42 Å². The van der Waals surface area contributed by atoms with Crippen LogP contribution in [0.3, 0.4) is 0 Å². The van der Waals surface area contributed by atoms with Gasteiger partial charge < -0.3 is 10.8 Å². The SMILES string of the molecule is CCC[C@@H](N)c1c(F)ccc(C)c1O. The highest BCUT2D eigenvalue weighted by molar-refractivity contribution is 5.42. The zero-order valence-corrected chi connectivity index (χ0v) is 8.55. The average molecular weight is 197 g/mol. The van der Waals surface area contributed by atoms with Crippen molar-refractivity contribution in [2.45, 2.75) is 32.7 Å². The monoisotopic (exact) mass is 197 g/mol. The molecule has 0 aliphatic carbocycles. The summed E-state index contributed by atoms with van der Waals surface area (Å²) >= 11 is 0. The lowest BCUT2D eigenvalue weighted by molar-refractivity contribution is 0.440. The van der Waals surface area contributed by atoms with E-state index in [0.29, 0.717) is 12.0 Å². The van der Waals surface area contributed by atoms with Crippen LogP contribution in [0.15, 0.2) is 12.1 Å². The first-order chi connectivity index (χ1) is 6.57. The van der Waals surface area contributed by atoms with Crippen molar-refractivity contribution in [3.05, 3.63) is 29.1 Å². The van der Waals surface area contributed by atoms with Gasteiger partial charge in [-0.25, -0.2) is 4.39 Å². The highest BCUT2D eigenvalue weighted by atomic mass is 19.1. The number of aromatic hydroxyl groups is 1. The van der Waals surface area contributed by atoms with Gasteiger partial charge in [0.15, 0.2) is 0 Å². The normalized spacial score (nSPS) is 12.9. The highest BCUT2D eigenvalue weighted by Crippen LogP contribution is 2.30. The molecule has 0 saturated heterocycles. The molecule has 2 nitrogen and oxygen atoms in total. The summed E-state index contributed by atoms with van der Waals surface area (Å²) in [5.74, 6) is -0.431. The lowest BCUT2D eigenvalue weighted by atomic mass is 9.99. The molecule has 78 valence electrons. The van der Waals surface area contributed by atoms with Crippen molar-refractivity contribution in [1.82, 2.24) is 0 Å². The van der Waals surface area contributed by atoms with Crippen LogP contribution in [-0.2, 0) is 0 Å². The predicted molar refractivity (Wildman–Crippen MR) is 54.6 cm³/mol. The Morgan fingerprint density at radius 1 is 1.50 bits per heavy atom. The molecule has 0 aromatic heterocycles. The van der Waals surface area contributed by atoms with Gasteiger partial charge in [0, 0.05) is 11.6 Å². The average Bonchev–Trinajstić information content (AvgIpc) is 2.13. The summed E-state index contributed by atoms with van der Waals surface area (Å²) in [4.78, 5) is 0. The maximum absolute atomic E-state index is 13.4. The number of nitrogens with two attached hydrogens (primary N) is 1. The molecule has 0 unspecified atom stereocenters. The number of phenolic OH excluding ortho intramolecular Hbond substituents is 1. The van der Waals surface area contributed by atoms with Crippen molar-refractivity contribution >= 4 is 0 Å². The van der Waals surface area contributed by atoms with Gasteiger partial charge in [0.05, 0.1) is 0 Å². The van der Waals surface area contributed by atoms with Crippen LogP contribution in [0, 0.1) is 12.7 Å². The van der Waals surface area contributed by atoms with Crippen LogP contribution in [0.25, 0.3) is 0 Å². The van der Waals surface area contributed by atoms with Gasteiger partial charge in [0.2, 0.25) is 0 Å². The highest BCUT2D eigenvalue weighted by Gasteiger charge is 2.16. The van der Waals surface area contributed by atoms with Crippen LogP contribution in [-0.4, -0.2) is 5.11 Å². The largest absolute Gasteiger partial charge is 0.507 e. The molecule has 1 aromatic rings. The fourth-order valence-electron chi connectivity index (χ4n) is 1.50. The van der Waals surface area contributed by atoms with E-state index in [4.69, 9.17) is 5.73 Å². The topological polar surface area (TPSA) is 46.2 Å². The number of hydrogen-bond acceptors (Lipinski definition) is 2. The van der Waals surface area contributed by atoms with Gasteiger partial charge in [-0.3, -0.25) is 0 Å². The summed E-state index contributed by atoms with van der Waals surface area (Å²) in [6.07, 6.45) is 1.54. The number of aryl methyl sites for hydroxylation is 1. The van der Waals surface area contributed by atoms with Gasteiger partial charge in [-0.05, 0) is 25.0 Å². The van der Waals surface area contributed by atoms with Crippen molar-refractivity contribution in [1.29, 1.82) is 0 Å². The Morgan fingerprint density at radius 2 is 2.14 bits per heavy atom. The maximum atomic E-state index is 13.4. The van der Waals surface area contributed by atoms with E-state index in [9.17, 15) is 9.50 Å². The Kier molecular flexibility index (Phi) is 3.47. The van der Waals surface area contributed by atoms with E-state index >= 15 is 0 Å². The number of rotatable bonds is 3. The van der Waals surface area contributed by atoms with E-state index in [1.54, 1.807) is 13.0 Å². The van der Waals surface area contributed by atoms with Crippen LogP contribution in [0.1, 0.15) is 36.9 Å². The Labute approximate surface area is 83.6 Å². The van der Waals surface area contributed by atoms with Gasteiger partial charge in [-0.2, -0.15) is 0 Å². The second kappa shape index (κ2) is 4.42. The van der Waals surface area contributed by atoms with Crippen LogP contribution >= 0.6 is 0 Å². The van der Waals surface area contributed by atoms with Gasteiger partial charge >= 0.3 is 0 Å². The van der Waals surface area contributed by atoms with E-state index in [1.807, 2.05) is 6.92 Å². The zero-order chi connectivity index (χ0) is 10.7. The Bertz CT molecular complexity index is 325. The lowest BCUT2D eigenvalue weighted by Crippen LogP contribution is -2.12. The van der Waals surface area contributed by atoms with Crippen LogP contribution in [0.5, 0.6) is 5.75 Å². The molecular weight excluding hydrogens is 181 g/mol. The first-order valence-corrected chi connectivity index (χ1v) is 4.81. The molecule has 0 spiro atoms. The van der Waals surface area contributed by atoms with Crippen molar-refractivity contribution in [3.8, 4) is 5.75 Å². The summed E-state index contributed by atoms with van der Waals surface area (Å²) in [5.41, 5.74) is 6.68. The molecule has 0 radical (unpaired) electrons. The molecule has 1 aromatic carbocycles. The minimum absolute atomic E-state index is 0.00838. The Hall–Kier alpha value is -1.09. The molecule has 0 heterocycles. The van der Waals surface area contributed by atoms with Crippen LogP contribution in [0.4, 0.5) is 4.39 Å². The summed E-state index contributed by atoms with van der Waals surface area (Å²) in [6.45, 7) is 3.71.